The van der Waals surface area contributed by atoms with Crippen LogP contribution >= 0.6 is 0 Å². The normalized spacial score (nSPS) is 20.8. The van der Waals surface area contributed by atoms with Gasteiger partial charge in [0.1, 0.15) is 0 Å². The second-order valence-electron chi connectivity index (χ2n) is 7.79. The smallest absolute Gasteiger partial charge is 0.0598 e. The summed E-state index contributed by atoms with van der Waals surface area (Å²) in [6, 6.07) is 2.94. The lowest BCUT2D eigenvalue weighted by atomic mass is 9.75. The molecule has 0 amide bonds. The average molecular weight is 287 g/mol. The van der Waals surface area contributed by atoms with Crippen molar-refractivity contribution in [3.63, 3.8) is 0 Å². The van der Waals surface area contributed by atoms with Crippen molar-refractivity contribution in [3.8, 4) is 0 Å². The Labute approximate surface area is 129 Å². The van der Waals surface area contributed by atoms with Crippen LogP contribution in [0, 0.1) is 11.3 Å². The molecule has 0 radical (unpaired) electrons. The maximum absolute atomic E-state index is 4.36. The molecule has 0 aromatic carbocycles. The van der Waals surface area contributed by atoms with Crippen molar-refractivity contribution in [2.24, 2.45) is 11.3 Å². The van der Waals surface area contributed by atoms with Gasteiger partial charge in [-0.1, -0.05) is 20.8 Å². The number of aromatic nitrogens is 1. The van der Waals surface area contributed by atoms with Crippen molar-refractivity contribution < 1.29 is 0 Å². The van der Waals surface area contributed by atoms with Gasteiger partial charge in [-0.3, -0.25) is 4.98 Å². The Hall–Kier alpha value is -1.09. The molecule has 1 saturated heterocycles. The molecule has 3 nitrogen and oxygen atoms in total. The molecule has 2 heterocycles. The number of hydrogen-bond acceptors (Lipinski definition) is 3. The second kappa shape index (κ2) is 5.96. The summed E-state index contributed by atoms with van der Waals surface area (Å²) in [5.74, 6) is 0.846. The summed E-state index contributed by atoms with van der Waals surface area (Å²) < 4.78 is 0. The van der Waals surface area contributed by atoms with E-state index in [2.05, 4.69) is 48.2 Å². The van der Waals surface area contributed by atoms with Gasteiger partial charge < -0.3 is 10.2 Å². The van der Waals surface area contributed by atoms with Crippen LogP contribution in [0.1, 0.15) is 52.0 Å². The molecule has 0 atom stereocenters. The molecule has 0 unspecified atom stereocenters. The zero-order valence-corrected chi connectivity index (χ0v) is 13.7. The summed E-state index contributed by atoms with van der Waals surface area (Å²) in [6.07, 6.45) is 9.27. The highest BCUT2D eigenvalue weighted by molar-refractivity contribution is 5.52. The van der Waals surface area contributed by atoms with Gasteiger partial charge in [-0.2, -0.15) is 0 Å². The van der Waals surface area contributed by atoms with Crippen LogP contribution in [0.15, 0.2) is 18.5 Å². The fourth-order valence-corrected chi connectivity index (χ4v) is 3.38. The van der Waals surface area contributed by atoms with E-state index >= 15 is 0 Å². The van der Waals surface area contributed by atoms with Gasteiger partial charge in [-0.05, 0) is 48.6 Å². The van der Waals surface area contributed by atoms with Gasteiger partial charge in [0, 0.05) is 31.9 Å². The van der Waals surface area contributed by atoms with Gasteiger partial charge in [0.2, 0.25) is 0 Å². The standard InChI is InChI=1S/C18H29N3/c1-18(2,3)15-7-10-21(11-8-15)17-13-19-9-6-14(17)12-20-16-4-5-16/h6,9,13,15-16,20H,4-5,7-8,10-12H2,1-3H3. The molecule has 1 aromatic rings. The minimum atomic E-state index is 0.442. The van der Waals surface area contributed by atoms with E-state index in [0.29, 0.717) is 5.41 Å². The molecule has 1 aliphatic carbocycles. The van der Waals surface area contributed by atoms with Crippen LogP contribution in [0.5, 0.6) is 0 Å². The monoisotopic (exact) mass is 287 g/mol. The van der Waals surface area contributed by atoms with Crippen LogP contribution in [-0.4, -0.2) is 24.1 Å². The number of anilines is 1. The van der Waals surface area contributed by atoms with Crippen LogP contribution in [0.4, 0.5) is 5.69 Å². The molecule has 21 heavy (non-hydrogen) atoms. The molecule has 116 valence electrons. The lowest BCUT2D eigenvalue weighted by molar-refractivity contribution is 0.199. The summed E-state index contributed by atoms with van der Waals surface area (Å²) in [7, 11) is 0. The summed E-state index contributed by atoms with van der Waals surface area (Å²) in [6.45, 7) is 10.5. The summed E-state index contributed by atoms with van der Waals surface area (Å²) in [4.78, 5) is 6.90. The molecule has 0 bridgehead atoms. The highest BCUT2D eigenvalue weighted by Gasteiger charge is 2.29. The number of rotatable bonds is 4. The molecule has 1 aliphatic heterocycles. The van der Waals surface area contributed by atoms with Crippen LogP contribution in [0.3, 0.4) is 0 Å². The van der Waals surface area contributed by atoms with E-state index in [0.717, 1.165) is 18.5 Å². The maximum Gasteiger partial charge on any atom is 0.0598 e. The third-order valence-corrected chi connectivity index (χ3v) is 5.11. The van der Waals surface area contributed by atoms with Gasteiger partial charge in [0.15, 0.2) is 0 Å². The van der Waals surface area contributed by atoms with Crippen molar-refractivity contribution in [1.82, 2.24) is 10.3 Å². The second-order valence-corrected chi connectivity index (χ2v) is 7.79. The Morgan fingerprint density at radius 1 is 1.19 bits per heavy atom. The SMILES string of the molecule is CC(C)(C)C1CCN(c2cnccc2CNC2CC2)CC1. The van der Waals surface area contributed by atoms with Crippen molar-refractivity contribution >= 4 is 5.69 Å². The highest BCUT2D eigenvalue weighted by atomic mass is 15.1. The molecule has 1 N–H and O–H groups in total. The van der Waals surface area contributed by atoms with Gasteiger partial charge in [0.05, 0.1) is 11.9 Å². The van der Waals surface area contributed by atoms with Gasteiger partial charge >= 0.3 is 0 Å². The van der Waals surface area contributed by atoms with Crippen LogP contribution in [0.2, 0.25) is 0 Å². The first-order valence-corrected chi connectivity index (χ1v) is 8.45. The first-order chi connectivity index (χ1) is 10.0. The van der Waals surface area contributed by atoms with Crippen LogP contribution < -0.4 is 10.2 Å². The fourth-order valence-electron chi connectivity index (χ4n) is 3.38. The lowest BCUT2D eigenvalue weighted by Gasteiger charge is -2.40. The molecular formula is C18H29N3. The predicted molar refractivity (Wildman–Crippen MR) is 88.5 cm³/mol. The van der Waals surface area contributed by atoms with Gasteiger partial charge in [-0.25, -0.2) is 0 Å². The number of pyridine rings is 1. The molecular weight excluding hydrogens is 258 g/mol. The first-order valence-electron chi connectivity index (χ1n) is 8.45. The fraction of sp³-hybridized carbons (Fsp3) is 0.722. The Kier molecular flexibility index (Phi) is 4.21. The van der Waals surface area contributed by atoms with Crippen molar-refractivity contribution in [2.45, 2.75) is 59.0 Å². The number of nitrogens with one attached hydrogen (secondary N) is 1. The highest BCUT2D eigenvalue weighted by Crippen LogP contribution is 2.36. The predicted octanol–water partition coefficient (Wildman–Crippen LogP) is 3.60. The first kappa shape index (κ1) is 14.8. The van der Waals surface area contributed by atoms with Gasteiger partial charge in [0.25, 0.3) is 0 Å². The minimum absolute atomic E-state index is 0.442. The zero-order chi connectivity index (χ0) is 14.9. The van der Waals surface area contributed by atoms with Crippen LogP contribution in [0.25, 0.3) is 0 Å². The molecule has 3 heteroatoms. The summed E-state index contributed by atoms with van der Waals surface area (Å²) >= 11 is 0. The Balaban J connectivity index is 1.64. The molecule has 2 fully saturated rings. The molecule has 1 saturated carbocycles. The number of nitrogens with zero attached hydrogens (tertiary/aromatic N) is 2. The average Bonchev–Trinajstić information content (AvgIpc) is 3.29. The third kappa shape index (κ3) is 3.76. The maximum atomic E-state index is 4.36. The van der Waals surface area contributed by atoms with E-state index < -0.39 is 0 Å². The quantitative estimate of drug-likeness (QED) is 0.917. The van der Waals surface area contributed by atoms with Crippen LogP contribution in [-0.2, 0) is 6.54 Å². The van der Waals surface area contributed by atoms with E-state index in [4.69, 9.17) is 0 Å². The van der Waals surface area contributed by atoms with Gasteiger partial charge in [-0.15, -0.1) is 0 Å². The van der Waals surface area contributed by atoms with Crippen molar-refractivity contribution in [3.05, 3.63) is 24.0 Å². The lowest BCUT2D eigenvalue weighted by Crippen LogP contribution is -2.38. The minimum Gasteiger partial charge on any atom is -0.370 e. The van der Waals surface area contributed by atoms with E-state index in [-0.39, 0.29) is 0 Å². The molecule has 2 aliphatic rings. The molecule has 3 rings (SSSR count). The molecule has 0 spiro atoms. The summed E-state index contributed by atoms with van der Waals surface area (Å²) in [5.41, 5.74) is 3.20. The van der Waals surface area contributed by atoms with E-state index in [1.54, 1.807) is 0 Å². The number of hydrogen-bond donors (Lipinski definition) is 1. The largest absolute Gasteiger partial charge is 0.370 e. The Bertz CT molecular complexity index is 466. The van der Waals surface area contributed by atoms with Crippen molar-refractivity contribution in [2.75, 3.05) is 18.0 Å². The molecule has 1 aromatic heterocycles. The summed E-state index contributed by atoms with van der Waals surface area (Å²) in [5, 5.41) is 3.63. The van der Waals surface area contributed by atoms with E-state index in [9.17, 15) is 0 Å². The topological polar surface area (TPSA) is 28.2 Å². The Morgan fingerprint density at radius 3 is 2.52 bits per heavy atom. The van der Waals surface area contributed by atoms with Crippen molar-refractivity contribution in [1.29, 1.82) is 0 Å². The Morgan fingerprint density at radius 2 is 1.90 bits per heavy atom. The number of piperidine rings is 1. The zero-order valence-electron chi connectivity index (χ0n) is 13.7. The van der Waals surface area contributed by atoms with E-state index in [1.165, 1.54) is 50.0 Å². The third-order valence-electron chi connectivity index (χ3n) is 5.11. The van der Waals surface area contributed by atoms with E-state index in [1.807, 2.05) is 6.20 Å².